The largest absolute Gasteiger partial charge is 0.322 e. The number of hydrogen-bond acceptors (Lipinski definition) is 3. The molecule has 0 fully saturated rings. The third-order valence-electron chi connectivity index (χ3n) is 2.25. The van der Waals surface area contributed by atoms with Crippen LogP contribution in [0, 0.1) is 6.92 Å². The van der Waals surface area contributed by atoms with Crippen molar-refractivity contribution in [3.05, 3.63) is 53.1 Å². The number of nitrogens with zero attached hydrogens (tertiary/aromatic N) is 2. The first-order valence-corrected chi connectivity index (χ1v) is 5.37. The number of rotatable bonds is 2. The van der Waals surface area contributed by atoms with Crippen molar-refractivity contribution in [3.63, 3.8) is 0 Å². The fraction of sp³-hybridized carbons (Fsp3) is 0.0833. The molecule has 4 nitrogen and oxygen atoms in total. The highest BCUT2D eigenvalue weighted by Crippen LogP contribution is 2.20. The number of benzene rings is 1. The predicted octanol–water partition coefficient (Wildman–Crippen LogP) is 2.69. The third kappa shape index (κ3) is 2.79. The molecule has 1 aromatic carbocycles. The van der Waals surface area contributed by atoms with Crippen molar-refractivity contribution in [2.24, 2.45) is 0 Å². The fourth-order valence-corrected chi connectivity index (χ4v) is 1.47. The van der Waals surface area contributed by atoms with E-state index >= 15 is 0 Å². The Kier molecular flexibility index (Phi) is 3.35. The number of hydrogen-bond donors (Lipinski definition) is 1. The number of amides is 1. The van der Waals surface area contributed by atoms with Crippen molar-refractivity contribution in [1.29, 1.82) is 0 Å². The minimum atomic E-state index is -0.259. The minimum absolute atomic E-state index is 0.259. The molecule has 0 atom stereocenters. The molecule has 0 radical (unpaired) electrons. The van der Waals surface area contributed by atoms with Gasteiger partial charge in [0.1, 0.15) is 6.33 Å². The van der Waals surface area contributed by atoms with Crippen LogP contribution in [0.4, 0.5) is 5.69 Å². The Morgan fingerprint density at radius 2 is 2.00 bits per heavy atom. The molecule has 1 N–H and O–H groups in total. The van der Waals surface area contributed by atoms with E-state index < -0.39 is 0 Å². The van der Waals surface area contributed by atoms with E-state index in [4.69, 9.17) is 11.6 Å². The fourth-order valence-electron chi connectivity index (χ4n) is 1.29. The Labute approximate surface area is 104 Å². The number of aromatic nitrogens is 2. The Bertz CT molecular complexity index is 543. The van der Waals surface area contributed by atoms with Gasteiger partial charge in [0.05, 0.1) is 5.56 Å². The lowest BCUT2D eigenvalue weighted by molar-refractivity contribution is 0.102. The minimum Gasteiger partial charge on any atom is -0.322 e. The SMILES string of the molecule is Cc1ccc(NC(=O)c2cncnc2)cc1Cl. The molecule has 1 amide bonds. The number of halogens is 1. The van der Waals surface area contributed by atoms with Crippen LogP contribution >= 0.6 is 11.6 Å². The summed E-state index contributed by atoms with van der Waals surface area (Å²) in [5.41, 5.74) is 2.02. The lowest BCUT2D eigenvalue weighted by Crippen LogP contribution is -2.12. The van der Waals surface area contributed by atoms with E-state index in [0.29, 0.717) is 16.3 Å². The van der Waals surface area contributed by atoms with Crippen molar-refractivity contribution in [2.75, 3.05) is 5.32 Å². The second-order valence-electron chi connectivity index (χ2n) is 3.55. The topological polar surface area (TPSA) is 54.9 Å². The van der Waals surface area contributed by atoms with Gasteiger partial charge in [-0.05, 0) is 24.6 Å². The summed E-state index contributed by atoms with van der Waals surface area (Å²) in [5.74, 6) is -0.259. The monoisotopic (exact) mass is 247 g/mol. The summed E-state index contributed by atoms with van der Waals surface area (Å²) in [5, 5.41) is 3.34. The molecule has 0 saturated carbocycles. The molecule has 1 heterocycles. The van der Waals surface area contributed by atoms with E-state index in [2.05, 4.69) is 15.3 Å². The van der Waals surface area contributed by atoms with Gasteiger partial charge in [0.15, 0.2) is 0 Å². The number of aryl methyl sites for hydroxylation is 1. The lowest BCUT2D eigenvalue weighted by Gasteiger charge is -2.06. The maximum Gasteiger partial charge on any atom is 0.258 e. The van der Waals surface area contributed by atoms with Crippen molar-refractivity contribution in [3.8, 4) is 0 Å². The predicted molar refractivity (Wildman–Crippen MR) is 66.2 cm³/mol. The highest BCUT2D eigenvalue weighted by molar-refractivity contribution is 6.31. The van der Waals surface area contributed by atoms with Crippen LogP contribution in [0.3, 0.4) is 0 Å². The Hall–Kier alpha value is -1.94. The van der Waals surface area contributed by atoms with Gasteiger partial charge in [-0.25, -0.2) is 9.97 Å². The van der Waals surface area contributed by atoms with Crippen LogP contribution in [0.25, 0.3) is 0 Å². The molecule has 0 saturated heterocycles. The van der Waals surface area contributed by atoms with Crippen molar-refractivity contribution in [2.45, 2.75) is 6.92 Å². The first-order chi connectivity index (χ1) is 8.16. The van der Waals surface area contributed by atoms with Crippen LogP contribution < -0.4 is 5.32 Å². The van der Waals surface area contributed by atoms with E-state index in [-0.39, 0.29) is 5.91 Å². The first kappa shape index (κ1) is 11.5. The Morgan fingerprint density at radius 1 is 1.29 bits per heavy atom. The van der Waals surface area contributed by atoms with E-state index in [1.165, 1.54) is 18.7 Å². The molecule has 0 aliphatic rings. The van der Waals surface area contributed by atoms with Crippen LogP contribution in [0.15, 0.2) is 36.9 Å². The van der Waals surface area contributed by atoms with E-state index in [9.17, 15) is 4.79 Å². The average Bonchev–Trinajstić information content (AvgIpc) is 2.35. The van der Waals surface area contributed by atoms with E-state index in [1.54, 1.807) is 12.1 Å². The molecular weight excluding hydrogens is 238 g/mol. The molecule has 17 heavy (non-hydrogen) atoms. The lowest BCUT2D eigenvalue weighted by atomic mass is 10.2. The normalized spacial score (nSPS) is 10.0. The second-order valence-corrected chi connectivity index (χ2v) is 3.95. The van der Waals surface area contributed by atoms with Gasteiger partial charge < -0.3 is 5.32 Å². The number of carbonyl (C=O) groups is 1. The van der Waals surface area contributed by atoms with Gasteiger partial charge in [-0.2, -0.15) is 0 Å². The van der Waals surface area contributed by atoms with Crippen molar-refractivity contribution >= 4 is 23.2 Å². The molecule has 5 heteroatoms. The highest BCUT2D eigenvalue weighted by atomic mass is 35.5. The zero-order valence-electron chi connectivity index (χ0n) is 9.14. The Balaban J connectivity index is 2.16. The molecule has 0 aliphatic heterocycles. The van der Waals surface area contributed by atoms with Gasteiger partial charge in [-0.3, -0.25) is 4.79 Å². The van der Waals surface area contributed by atoms with Crippen LogP contribution in [0.5, 0.6) is 0 Å². The summed E-state index contributed by atoms with van der Waals surface area (Å²) in [6, 6.07) is 5.35. The molecule has 86 valence electrons. The summed E-state index contributed by atoms with van der Waals surface area (Å²) in [4.78, 5) is 19.3. The third-order valence-corrected chi connectivity index (χ3v) is 2.66. The van der Waals surface area contributed by atoms with Gasteiger partial charge in [0, 0.05) is 23.1 Å². The smallest absolute Gasteiger partial charge is 0.258 e. The quantitative estimate of drug-likeness (QED) is 0.888. The van der Waals surface area contributed by atoms with Crippen LogP contribution in [0.2, 0.25) is 5.02 Å². The number of carbonyl (C=O) groups excluding carboxylic acids is 1. The highest BCUT2D eigenvalue weighted by Gasteiger charge is 2.06. The summed E-state index contributed by atoms with van der Waals surface area (Å²) in [6.07, 6.45) is 4.29. The zero-order chi connectivity index (χ0) is 12.3. The number of nitrogens with one attached hydrogen (secondary N) is 1. The van der Waals surface area contributed by atoms with Crippen molar-refractivity contribution in [1.82, 2.24) is 9.97 Å². The second kappa shape index (κ2) is 4.93. The molecule has 0 bridgehead atoms. The van der Waals surface area contributed by atoms with Crippen LogP contribution in [-0.4, -0.2) is 15.9 Å². The molecule has 2 aromatic rings. The maximum atomic E-state index is 11.8. The van der Waals surface area contributed by atoms with Gasteiger partial charge in [0.2, 0.25) is 0 Å². The zero-order valence-corrected chi connectivity index (χ0v) is 9.90. The Morgan fingerprint density at radius 3 is 2.65 bits per heavy atom. The summed E-state index contributed by atoms with van der Waals surface area (Å²) >= 11 is 5.97. The molecule has 0 unspecified atom stereocenters. The van der Waals surface area contributed by atoms with E-state index in [1.807, 2.05) is 13.0 Å². The van der Waals surface area contributed by atoms with Gasteiger partial charge in [-0.1, -0.05) is 17.7 Å². The van der Waals surface area contributed by atoms with Gasteiger partial charge in [-0.15, -0.1) is 0 Å². The summed E-state index contributed by atoms with van der Waals surface area (Å²) in [6.45, 7) is 1.90. The van der Waals surface area contributed by atoms with Gasteiger partial charge in [0.25, 0.3) is 5.91 Å². The first-order valence-electron chi connectivity index (χ1n) is 4.99. The summed E-state index contributed by atoms with van der Waals surface area (Å²) in [7, 11) is 0. The number of anilines is 1. The van der Waals surface area contributed by atoms with Crippen molar-refractivity contribution < 1.29 is 4.79 Å². The van der Waals surface area contributed by atoms with E-state index in [0.717, 1.165) is 5.56 Å². The maximum absolute atomic E-state index is 11.8. The van der Waals surface area contributed by atoms with Crippen LogP contribution in [-0.2, 0) is 0 Å². The van der Waals surface area contributed by atoms with Gasteiger partial charge >= 0.3 is 0 Å². The molecular formula is C12H10ClN3O. The van der Waals surface area contributed by atoms with Crippen LogP contribution in [0.1, 0.15) is 15.9 Å². The summed E-state index contributed by atoms with van der Waals surface area (Å²) < 4.78 is 0. The molecule has 0 spiro atoms. The molecule has 2 rings (SSSR count). The molecule has 0 aliphatic carbocycles. The standard InChI is InChI=1S/C12H10ClN3O/c1-8-2-3-10(4-11(8)13)16-12(17)9-5-14-7-15-6-9/h2-7H,1H3,(H,16,17). The molecule has 1 aromatic heterocycles. The average molecular weight is 248 g/mol.